The van der Waals surface area contributed by atoms with E-state index in [1.807, 2.05) is 32.9 Å². The fourth-order valence-electron chi connectivity index (χ4n) is 3.27. The predicted molar refractivity (Wildman–Crippen MR) is 107 cm³/mol. The van der Waals surface area contributed by atoms with Crippen LogP contribution in [0.25, 0.3) is 11.4 Å². The van der Waals surface area contributed by atoms with Crippen molar-refractivity contribution in [3.63, 3.8) is 0 Å². The average molecular weight is 430 g/mol. The molecule has 2 aromatic heterocycles. The highest BCUT2D eigenvalue weighted by molar-refractivity contribution is 5.77. The first-order chi connectivity index (χ1) is 14.7. The topological polar surface area (TPSA) is 103 Å². The lowest BCUT2D eigenvalue weighted by atomic mass is 10.2. The smallest absolute Gasteiger partial charge is 0.395 e. The average Bonchev–Trinajstić information content (AvgIpc) is 3.19. The van der Waals surface area contributed by atoms with Crippen molar-refractivity contribution in [1.82, 2.24) is 25.1 Å². The van der Waals surface area contributed by atoms with Gasteiger partial charge in [-0.25, -0.2) is 0 Å². The molecule has 0 unspecified atom stereocenters. The summed E-state index contributed by atoms with van der Waals surface area (Å²) in [6.07, 6.45) is -3.70. The molecule has 0 saturated heterocycles. The molecule has 1 amide bonds. The van der Waals surface area contributed by atoms with Crippen molar-refractivity contribution in [3.8, 4) is 22.9 Å². The number of halogens is 2. The van der Waals surface area contributed by atoms with Gasteiger partial charge in [-0.1, -0.05) is 0 Å². The highest BCUT2D eigenvalue weighted by Crippen LogP contribution is 2.42. The van der Waals surface area contributed by atoms with Crippen LogP contribution in [0, 0.1) is 13.8 Å². The quantitative estimate of drug-likeness (QED) is 0.619. The SMILES string of the molecule is CCNC(=O)Cn1c(Nc2ccc3c(c2)OC(F)(F)O3)nnc1-c1cc(C)nc(C)c1. The molecule has 2 N–H and O–H groups in total. The molecule has 11 heteroatoms. The minimum atomic E-state index is -3.70. The van der Waals surface area contributed by atoms with Crippen LogP contribution >= 0.6 is 0 Å². The van der Waals surface area contributed by atoms with Gasteiger partial charge in [-0.05, 0) is 45.0 Å². The molecule has 0 spiro atoms. The highest BCUT2D eigenvalue weighted by Gasteiger charge is 2.43. The molecule has 0 atom stereocenters. The van der Waals surface area contributed by atoms with E-state index in [4.69, 9.17) is 0 Å². The molecule has 0 bridgehead atoms. The van der Waals surface area contributed by atoms with E-state index in [0.717, 1.165) is 17.0 Å². The van der Waals surface area contributed by atoms with Crippen molar-refractivity contribution >= 4 is 17.5 Å². The van der Waals surface area contributed by atoms with Crippen LogP contribution < -0.4 is 20.1 Å². The zero-order valence-electron chi connectivity index (χ0n) is 17.1. The van der Waals surface area contributed by atoms with Crippen molar-refractivity contribution in [2.24, 2.45) is 0 Å². The number of pyridine rings is 1. The second-order valence-corrected chi connectivity index (χ2v) is 6.98. The molecule has 1 aliphatic heterocycles. The maximum atomic E-state index is 13.3. The summed E-state index contributed by atoms with van der Waals surface area (Å²) in [5, 5.41) is 14.2. The summed E-state index contributed by atoms with van der Waals surface area (Å²) in [7, 11) is 0. The van der Waals surface area contributed by atoms with Crippen LogP contribution in [0.5, 0.6) is 11.5 Å². The normalized spacial score (nSPS) is 13.8. The molecule has 4 rings (SSSR count). The summed E-state index contributed by atoms with van der Waals surface area (Å²) in [5.41, 5.74) is 2.76. The molecule has 0 aliphatic carbocycles. The van der Waals surface area contributed by atoms with Gasteiger partial charge in [-0.3, -0.25) is 14.3 Å². The number of nitrogens with one attached hydrogen (secondary N) is 2. The number of anilines is 2. The van der Waals surface area contributed by atoms with Crippen LogP contribution in [0.2, 0.25) is 0 Å². The van der Waals surface area contributed by atoms with Crippen molar-refractivity contribution in [2.75, 3.05) is 11.9 Å². The van der Waals surface area contributed by atoms with E-state index in [0.29, 0.717) is 18.1 Å². The Balaban J connectivity index is 1.69. The van der Waals surface area contributed by atoms with Crippen molar-refractivity contribution < 1.29 is 23.0 Å². The number of benzene rings is 1. The number of ether oxygens (including phenoxy) is 2. The monoisotopic (exact) mass is 430 g/mol. The van der Waals surface area contributed by atoms with Gasteiger partial charge >= 0.3 is 6.29 Å². The predicted octanol–water partition coefficient (Wildman–Crippen LogP) is 3.16. The summed E-state index contributed by atoms with van der Waals surface area (Å²) in [6, 6.07) is 7.95. The van der Waals surface area contributed by atoms with E-state index < -0.39 is 6.29 Å². The molecular formula is C20H20F2N6O3. The molecule has 0 radical (unpaired) electrons. The summed E-state index contributed by atoms with van der Waals surface area (Å²) in [5.74, 6) is 0.334. The lowest BCUT2D eigenvalue weighted by Crippen LogP contribution is -2.27. The van der Waals surface area contributed by atoms with Gasteiger partial charge in [0.2, 0.25) is 11.9 Å². The van der Waals surface area contributed by atoms with Gasteiger partial charge in [0.25, 0.3) is 0 Å². The summed E-state index contributed by atoms with van der Waals surface area (Å²) in [6.45, 7) is 5.98. The molecule has 0 fully saturated rings. The van der Waals surface area contributed by atoms with E-state index >= 15 is 0 Å². The van der Waals surface area contributed by atoms with Crippen LogP contribution in [0.3, 0.4) is 0 Å². The van der Waals surface area contributed by atoms with Crippen LogP contribution in [-0.2, 0) is 11.3 Å². The van der Waals surface area contributed by atoms with Crippen molar-refractivity contribution in [1.29, 1.82) is 0 Å². The number of aryl methyl sites for hydroxylation is 2. The molecule has 0 saturated carbocycles. The standard InChI is InChI=1S/C20H20F2N6O3/c1-4-23-17(29)10-28-18(13-7-11(2)24-12(3)8-13)26-27-19(28)25-14-5-6-15-16(9-14)31-20(21,22)30-15/h5-9H,4,10H2,1-3H3,(H,23,29)(H,25,27). The van der Waals surface area contributed by atoms with Crippen LogP contribution in [-0.4, -0.2) is 38.5 Å². The number of aromatic nitrogens is 4. The molecule has 9 nitrogen and oxygen atoms in total. The number of alkyl halides is 2. The third-order valence-electron chi connectivity index (χ3n) is 4.42. The number of hydrogen-bond donors (Lipinski definition) is 2. The maximum absolute atomic E-state index is 13.3. The van der Waals surface area contributed by atoms with Crippen LogP contribution in [0.1, 0.15) is 18.3 Å². The number of amides is 1. The zero-order chi connectivity index (χ0) is 22.2. The third-order valence-corrected chi connectivity index (χ3v) is 4.42. The van der Waals surface area contributed by atoms with Gasteiger partial charge in [0.1, 0.15) is 6.54 Å². The van der Waals surface area contributed by atoms with Gasteiger partial charge in [0, 0.05) is 35.2 Å². The fraction of sp³-hybridized carbons (Fsp3) is 0.300. The number of hydrogen-bond acceptors (Lipinski definition) is 7. The number of rotatable bonds is 6. The van der Waals surface area contributed by atoms with E-state index in [1.54, 1.807) is 4.57 Å². The lowest BCUT2D eigenvalue weighted by Gasteiger charge is -2.12. The van der Waals surface area contributed by atoms with Gasteiger partial charge in [-0.15, -0.1) is 19.0 Å². The Hall–Kier alpha value is -3.76. The van der Waals surface area contributed by atoms with E-state index in [2.05, 4.69) is 35.3 Å². The lowest BCUT2D eigenvalue weighted by molar-refractivity contribution is -0.286. The van der Waals surface area contributed by atoms with Gasteiger partial charge in [-0.2, -0.15) is 0 Å². The van der Waals surface area contributed by atoms with Crippen LogP contribution in [0.15, 0.2) is 30.3 Å². The highest BCUT2D eigenvalue weighted by atomic mass is 19.3. The first-order valence-corrected chi connectivity index (χ1v) is 9.56. The summed E-state index contributed by atoms with van der Waals surface area (Å²) < 4.78 is 37.1. The number of carbonyl (C=O) groups excluding carboxylic acids is 1. The Labute approximate surface area is 176 Å². The molecule has 3 heterocycles. The minimum Gasteiger partial charge on any atom is -0.395 e. The molecule has 1 aromatic carbocycles. The number of nitrogens with zero attached hydrogens (tertiary/aromatic N) is 4. The Morgan fingerprint density at radius 1 is 1.10 bits per heavy atom. The maximum Gasteiger partial charge on any atom is 0.586 e. The molecular weight excluding hydrogens is 410 g/mol. The van der Waals surface area contributed by atoms with Crippen LogP contribution in [0.4, 0.5) is 20.4 Å². The number of likely N-dealkylation sites (N-methyl/N-ethyl adjacent to an activating group) is 1. The third kappa shape index (κ3) is 4.39. The Kier molecular flexibility index (Phi) is 5.17. The molecule has 1 aliphatic rings. The number of carbonyl (C=O) groups is 1. The Morgan fingerprint density at radius 2 is 1.81 bits per heavy atom. The first-order valence-electron chi connectivity index (χ1n) is 9.56. The largest absolute Gasteiger partial charge is 0.586 e. The van der Waals surface area contributed by atoms with E-state index in [1.165, 1.54) is 18.2 Å². The Bertz CT molecular complexity index is 1130. The van der Waals surface area contributed by atoms with Crippen molar-refractivity contribution in [2.45, 2.75) is 33.6 Å². The van der Waals surface area contributed by atoms with Gasteiger partial charge in [0.05, 0.1) is 0 Å². The van der Waals surface area contributed by atoms with Crippen molar-refractivity contribution in [3.05, 3.63) is 41.7 Å². The van der Waals surface area contributed by atoms with E-state index in [-0.39, 0.29) is 29.9 Å². The molecule has 31 heavy (non-hydrogen) atoms. The summed E-state index contributed by atoms with van der Waals surface area (Å²) in [4.78, 5) is 16.7. The molecule has 162 valence electrons. The molecule has 3 aromatic rings. The van der Waals surface area contributed by atoms with E-state index in [9.17, 15) is 13.6 Å². The second-order valence-electron chi connectivity index (χ2n) is 6.98. The second kappa shape index (κ2) is 7.82. The number of fused-ring (bicyclic) bond motifs is 1. The van der Waals surface area contributed by atoms with Gasteiger partial charge in [0.15, 0.2) is 17.3 Å². The Morgan fingerprint density at radius 3 is 2.52 bits per heavy atom. The summed E-state index contributed by atoms with van der Waals surface area (Å²) >= 11 is 0. The first kappa shape index (κ1) is 20.5. The minimum absolute atomic E-state index is 0.0401. The fourth-order valence-corrected chi connectivity index (χ4v) is 3.27. The van der Waals surface area contributed by atoms with Gasteiger partial charge < -0.3 is 20.1 Å². The zero-order valence-corrected chi connectivity index (χ0v) is 17.1.